The van der Waals surface area contributed by atoms with Crippen LogP contribution in [0.5, 0.6) is 0 Å². The third-order valence-corrected chi connectivity index (χ3v) is 5.46. The summed E-state index contributed by atoms with van der Waals surface area (Å²) in [5.41, 5.74) is 2.09. The van der Waals surface area contributed by atoms with E-state index in [1.807, 2.05) is 0 Å². The van der Waals surface area contributed by atoms with Crippen LogP contribution in [-0.4, -0.2) is 16.1 Å². The van der Waals surface area contributed by atoms with E-state index in [1.165, 1.54) is 22.5 Å². The molecule has 0 aliphatic heterocycles. The normalized spacial score (nSPS) is 20.6. The van der Waals surface area contributed by atoms with E-state index in [9.17, 15) is 4.79 Å². The standard InChI is InChI=1S/C15H15NO2S/c17-12(18)8-15(6-7-15)10-2-1-3-11-13(10)16-14(19-11)9-4-5-9/h1-3,9H,4-8H2,(H,17,18). The number of hydrogen-bond acceptors (Lipinski definition) is 3. The lowest BCUT2D eigenvalue weighted by molar-refractivity contribution is -0.137. The van der Waals surface area contributed by atoms with Crippen molar-refractivity contribution in [3.05, 3.63) is 28.8 Å². The largest absolute Gasteiger partial charge is 0.481 e. The minimum atomic E-state index is -0.702. The molecule has 1 heterocycles. The van der Waals surface area contributed by atoms with E-state index < -0.39 is 5.97 Å². The number of carboxylic acid groups (broad SMARTS) is 1. The summed E-state index contributed by atoms with van der Waals surface area (Å²) in [6.45, 7) is 0. The number of aromatic nitrogens is 1. The fourth-order valence-electron chi connectivity index (χ4n) is 2.88. The third kappa shape index (κ3) is 1.86. The van der Waals surface area contributed by atoms with E-state index in [-0.39, 0.29) is 11.8 Å². The Kier molecular flexibility index (Phi) is 2.28. The van der Waals surface area contributed by atoms with Gasteiger partial charge in [0.1, 0.15) is 0 Å². The summed E-state index contributed by atoms with van der Waals surface area (Å²) in [6, 6.07) is 6.24. The molecule has 4 heteroatoms. The summed E-state index contributed by atoms with van der Waals surface area (Å²) < 4.78 is 1.22. The Morgan fingerprint density at radius 1 is 1.42 bits per heavy atom. The summed E-state index contributed by atoms with van der Waals surface area (Å²) in [6.07, 6.45) is 4.72. The number of aliphatic carboxylic acids is 1. The molecular formula is C15H15NO2S. The minimum Gasteiger partial charge on any atom is -0.481 e. The van der Waals surface area contributed by atoms with E-state index in [0.717, 1.165) is 23.9 Å². The number of carboxylic acids is 1. The van der Waals surface area contributed by atoms with Crippen LogP contribution in [0.2, 0.25) is 0 Å². The highest BCUT2D eigenvalue weighted by atomic mass is 32.1. The number of benzene rings is 1. The van der Waals surface area contributed by atoms with E-state index in [1.54, 1.807) is 11.3 Å². The van der Waals surface area contributed by atoms with Gasteiger partial charge in [0.2, 0.25) is 0 Å². The van der Waals surface area contributed by atoms with Crippen LogP contribution in [0.3, 0.4) is 0 Å². The first-order valence-electron chi connectivity index (χ1n) is 6.80. The Balaban J connectivity index is 1.83. The number of nitrogens with zero attached hydrogens (tertiary/aromatic N) is 1. The van der Waals surface area contributed by atoms with Crippen LogP contribution in [-0.2, 0) is 10.2 Å². The van der Waals surface area contributed by atoms with Gasteiger partial charge >= 0.3 is 5.97 Å². The lowest BCUT2D eigenvalue weighted by Crippen LogP contribution is -2.13. The topological polar surface area (TPSA) is 50.2 Å². The molecular weight excluding hydrogens is 258 g/mol. The maximum Gasteiger partial charge on any atom is 0.304 e. The van der Waals surface area contributed by atoms with Gasteiger partial charge in [-0.05, 0) is 37.3 Å². The minimum absolute atomic E-state index is 0.139. The van der Waals surface area contributed by atoms with Crippen molar-refractivity contribution in [3.63, 3.8) is 0 Å². The Morgan fingerprint density at radius 2 is 2.21 bits per heavy atom. The van der Waals surface area contributed by atoms with Gasteiger partial charge < -0.3 is 5.11 Å². The van der Waals surface area contributed by atoms with Gasteiger partial charge in [0.05, 0.1) is 21.6 Å². The zero-order chi connectivity index (χ0) is 13.0. The van der Waals surface area contributed by atoms with Gasteiger partial charge in [-0.15, -0.1) is 11.3 Å². The monoisotopic (exact) mass is 273 g/mol. The molecule has 0 bridgehead atoms. The second-order valence-electron chi connectivity index (χ2n) is 5.83. The van der Waals surface area contributed by atoms with Crippen LogP contribution in [0.1, 0.15) is 48.6 Å². The highest BCUT2D eigenvalue weighted by Crippen LogP contribution is 2.54. The Hall–Kier alpha value is -1.42. The maximum atomic E-state index is 11.1. The number of thiazole rings is 1. The first-order valence-corrected chi connectivity index (χ1v) is 7.61. The highest BCUT2D eigenvalue weighted by Gasteiger charge is 2.47. The zero-order valence-electron chi connectivity index (χ0n) is 10.6. The van der Waals surface area contributed by atoms with Crippen LogP contribution in [0.25, 0.3) is 10.2 Å². The molecule has 2 aliphatic rings. The van der Waals surface area contributed by atoms with Crippen molar-refractivity contribution in [2.24, 2.45) is 0 Å². The average Bonchev–Trinajstić information content (AvgIpc) is 3.28. The van der Waals surface area contributed by atoms with Crippen LogP contribution < -0.4 is 0 Å². The smallest absolute Gasteiger partial charge is 0.304 e. The number of rotatable bonds is 4. The fourth-order valence-corrected chi connectivity index (χ4v) is 4.04. The molecule has 1 aromatic carbocycles. The van der Waals surface area contributed by atoms with Crippen molar-refractivity contribution >= 4 is 27.5 Å². The SMILES string of the molecule is O=C(O)CC1(c2cccc3sc(C4CC4)nc23)CC1. The van der Waals surface area contributed by atoms with Gasteiger partial charge in [0, 0.05) is 11.3 Å². The predicted octanol–water partition coefficient (Wildman–Crippen LogP) is 3.68. The van der Waals surface area contributed by atoms with Gasteiger partial charge in [-0.1, -0.05) is 12.1 Å². The van der Waals surface area contributed by atoms with Gasteiger partial charge in [0.25, 0.3) is 0 Å². The Morgan fingerprint density at radius 3 is 2.84 bits per heavy atom. The van der Waals surface area contributed by atoms with E-state index in [0.29, 0.717) is 5.92 Å². The molecule has 19 heavy (non-hydrogen) atoms. The second kappa shape index (κ2) is 3.79. The Bertz CT molecular complexity index is 668. The van der Waals surface area contributed by atoms with Crippen molar-refractivity contribution in [3.8, 4) is 0 Å². The highest BCUT2D eigenvalue weighted by molar-refractivity contribution is 7.18. The lowest BCUT2D eigenvalue weighted by Gasteiger charge is -2.13. The number of carbonyl (C=O) groups is 1. The van der Waals surface area contributed by atoms with E-state index in [2.05, 4.69) is 18.2 Å². The quantitative estimate of drug-likeness (QED) is 0.924. The van der Waals surface area contributed by atoms with Gasteiger partial charge in [-0.2, -0.15) is 0 Å². The van der Waals surface area contributed by atoms with Gasteiger partial charge in [-0.3, -0.25) is 4.79 Å². The molecule has 3 nitrogen and oxygen atoms in total. The maximum absolute atomic E-state index is 11.1. The molecule has 0 saturated heterocycles. The van der Waals surface area contributed by atoms with E-state index >= 15 is 0 Å². The molecule has 0 atom stereocenters. The molecule has 4 rings (SSSR count). The molecule has 0 unspecified atom stereocenters. The first kappa shape index (κ1) is 11.4. The molecule has 0 amide bonds. The molecule has 2 aliphatic carbocycles. The average molecular weight is 273 g/mol. The number of hydrogen-bond donors (Lipinski definition) is 1. The van der Waals surface area contributed by atoms with Crippen molar-refractivity contribution < 1.29 is 9.90 Å². The summed E-state index contributed by atoms with van der Waals surface area (Å²) in [7, 11) is 0. The fraction of sp³-hybridized carbons (Fsp3) is 0.467. The van der Waals surface area contributed by atoms with Gasteiger partial charge in [-0.25, -0.2) is 4.98 Å². The molecule has 2 aromatic rings. The number of fused-ring (bicyclic) bond motifs is 1. The lowest BCUT2D eigenvalue weighted by atomic mass is 9.91. The Labute approximate surface area is 115 Å². The molecule has 98 valence electrons. The molecule has 1 aromatic heterocycles. The van der Waals surface area contributed by atoms with Gasteiger partial charge in [0.15, 0.2) is 0 Å². The summed E-state index contributed by atoms with van der Waals surface area (Å²) in [5.74, 6) is -0.0352. The summed E-state index contributed by atoms with van der Waals surface area (Å²) in [5, 5.41) is 10.4. The predicted molar refractivity (Wildman–Crippen MR) is 74.8 cm³/mol. The van der Waals surface area contributed by atoms with Crippen LogP contribution in [0.4, 0.5) is 0 Å². The number of para-hydroxylation sites is 1. The van der Waals surface area contributed by atoms with E-state index in [4.69, 9.17) is 10.1 Å². The zero-order valence-corrected chi connectivity index (χ0v) is 11.4. The molecule has 2 saturated carbocycles. The van der Waals surface area contributed by atoms with Crippen LogP contribution in [0, 0.1) is 0 Å². The molecule has 0 spiro atoms. The molecule has 0 radical (unpaired) electrons. The summed E-state index contributed by atoms with van der Waals surface area (Å²) >= 11 is 1.79. The third-order valence-electron chi connectivity index (χ3n) is 4.28. The van der Waals surface area contributed by atoms with Crippen LogP contribution in [0.15, 0.2) is 18.2 Å². The first-order chi connectivity index (χ1) is 9.18. The molecule has 1 N–H and O–H groups in total. The van der Waals surface area contributed by atoms with Crippen molar-refractivity contribution in [2.45, 2.75) is 43.4 Å². The second-order valence-corrected chi connectivity index (χ2v) is 6.89. The molecule has 2 fully saturated rings. The van der Waals surface area contributed by atoms with Crippen molar-refractivity contribution in [1.29, 1.82) is 0 Å². The van der Waals surface area contributed by atoms with Crippen molar-refractivity contribution in [1.82, 2.24) is 4.98 Å². The van der Waals surface area contributed by atoms with Crippen LogP contribution >= 0.6 is 11.3 Å². The van der Waals surface area contributed by atoms with Crippen molar-refractivity contribution in [2.75, 3.05) is 0 Å². The summed E-state index contributed by atoms with van der Waals surface area (Å²) in [4.78, 5) is 15.9.